The largest absolute Gasteiger partial charge is 0.459 e. The van der Waals surface area contributed by atoms with Gasteiger partial charge in [0.25, 0.3) is 0 Å². The van der Waals surface area contributed by atoms with E-state index in [0.29, 0.717) is 5.56 Å². The van der Waals surface area contributed by atoms with Crippen molar-refractivity contribution in [3.8, 4) is 0 Å². The molecule has 0 aliphatic carbocycles. The van der Waals surface area contributed by atoms with Gasteiger partial charge in [-0.25, -0.2) is 4.79 Å². The molecule has 2 aromatic rings. The molecule has 0 radical (unpaired) electrons. The molecule has 0 amide bonds. The molecule has 2 aromatic carbocycles. The van der Waals surface area contributed by atoms with Crippen molar-refractivity contribution < 1.29 is 9.53 Å². The molecule has 2 nitrogen and oxygen atoms in total. The van der Waals surface area contributed by atoms with Gasteiger partial charge in [-0.15, -0.1) is 0 Å². The minimum atomic E-state index is -0.219. The summed E-state index contributed by atoms with van der Waals surface area (Å²) >= 11 is 0. The van der Waals surface area contributed by atoms with E-state index < -0.39 is 0 Å². The topological polar surface area (TPSA) is 26.3 Å². The van der Waals surface area contributed by atoms with Crippen LogP contribution in [0.15, 0.2) is 54.6 Å². The van der Waals surface area contributed by atoms with Gasteiger partial charge >= 0.3 is 5.97 Å². The van der Waals surface area contributed by atoms with Crippen LogP contribution in [0.5, 0.6) is 0 Å². The number of carbonyl (C=O) groups excluding carboxylic acids is 1. The van der Waals surface area contributed by atoms with Gasteiger partial charge in [0.05, 0.1) is 5.56 Å². The predicted molar refractivity (Wildman–Crippen MR) is 90.1 cm³/mol. The molecule has 0 saturated heterocycles. The van der Waals surface area contributed by atoms with Crippen LogP contribution in [0.2, 0.25) is 0 Å². The van der Waals surface area contributed by atoms with E-state index in [1.54, 1.807) is 12.1 Å². The van der Waals surface area contributed by atoms with Crippen LogP contribution in [0.4, 0.5) is 0 Å². The zero-order chi connectivity index (χ0) is 15.8. The van der Waals surface area contributed by atoms with Gasteiger partial charge in [-0.3, -0.25) is 0 Å². The summed E-state index contributed by atoms with van der Waals surface area (Å²) in [6, 6.07) is 17.6. The Morgan fingerprint density at radius 3 is 2.36 bits per heavy atom. The molecule has 0 bridgehead atoms. The van der Waals surface area contributed by atoms with E-state index in [-0.39, 0.29) is 12.1 Å². The summed E-state index contributed by atoms with van der Waals surface area (Å²) in [6.07, 6.45) is 3.72. The lowest BCUT2D eigenvalue weighted by molar-refractivity contribution is 0.0260. The van der Waals surface area contributed by atoms with Crippen molar-refractivity contribution in [3.05, 3.63) is 71.3 Å². The lowest BCUT2D eigenvalue weighted by atomic mass is 10.0. The van der Waals surface area contributed by atoms with Crippen molar-refractivity contribution in [2.75, 3.05) is 0 Å². The van der Waals surface area contributed by atoms with Crippen LogP contribution in [0.1, 0.15) is 47.7 Å². The van der Waals surface area contributed by atoms with Crippen molar-refractivity contribution >= 4 is 5.97 Å². The first-order valence-electron chi connectivity index (χ1n) is 8.01. The van der Waals surface area contributed by atoms with Crippen molar-refractivity contribution in [2.24, 2.45) is 0 Å². The van der Waals surface area contributed by atoms with Gasteiger partial charge in [0.15, 0.2) is 0 Å². The number of hydrogen-bond donors (Lipinski definition) is 0. The van der Waals surface area contributed by atoms with Crippen molar-refractivity contribution in [1.29, 1.82) is 0 Å². The minimum absolute atomic E-state index is 0.0164. The monoisotopic (exact) mass is 296 g/mol. The highest BCUT2D eigenvalue weighted by Crippen LogP contribution is 2.16. The number of carbonyl (C=O) groups is 1. The van der Waals surface area contributed by atoms with E-state index in [1.807, 2.05) is 18.2 Å². The molecular formula is C20H24O2. The van der Waals surface area contributed by atoms with Crippen LogP contribution in [0.3, 0.4) is 0 Å². The van der Waals surface area contributed by atoms with Gasteiger partial charge in [0, 0.05) is 0 Å². The second kappa shape index (κ2) is 8.38. The van der Waals surface area contributed by atoms with Gasteiger partial charge < -0.3 is 4.74 Å². The van der Waals surface area contributed by atoms with Gasteiger partial charge in [0.1, 0.15) is 6.10 Å². The molecule has 0 spiro atoms. The van der Waals surface area contributed by atoms with E-state index in [4.69, 9.17) is 4.74 Å². The smallest absolute Gasteiger partial charge is 0.338 e. The molecule has 2 rings (SSSR count). The zero-order valence-corrected chi connectivity index (χ0v) is 13.4. The predicted octanol–water partition coefficient (Wildman–Crippen LogP) is 4.95. The Hall–Kier alpha value is -2.09. The van der Waals surface area contributed by atoms with Gasteiger partial charge in [-0.1, -0.05) is 55.8 Å². The summed E-state index contributed by atoms with van der Waals surface area (Å²) in [6.45, 7) is 4.25. The summed E-state index contributed by atoms with van der Waals surface area (Å²) in [5.74, 6) is -0.219. The van der Waals surface area contributed by atoms with Gasteiger partial charge in [0.2, 0.25) is 0 Å². The number of aryl methyl sites for hydroxylation is 2. The zero-order valence-electron chi connectivity index (χ0n) is 13.4. The highest BCUT2D eigenvalue weighted by molar-refractivity contribution is 5.89. The molecule has 0 saturated carbocycles. The number of esters is 1. The Kier molecular flexibility index (Phi) is 6.20. The molecule has 2 heteroatoms. The molecule has 0 aliphatic heterocycles. The van der Waals surface area contributed by atoms with Crippen LogP contribution in [0, 0.1) is 6.92 Å². The van der Waals surface area contributed by atoms with Crippen molar-refractivity contribution in [2.45, 2.75) is 45.6 Å². The quantitative estimate of drug-likeness (QED) is 0.675. The number of hydrogen-bond acceptors (Lipinski definition) is 2. The van der Waals surface area contributed by atoms with Crippen LogP contribution >= 0.6 is 0 Å². The summed E-state index contributed by atoms with van der Waals surface area (Å²) in [5.41, 5.74) is 3.26. The van der Waals surface area contributed by atoms with E-state index in [2.05, 4.69) is 38.1 Å². The highest BCUT2D eigenvalue weighted by atomic mass is 16.5. The highest BCUT2D eigenvalue weighted by Gasteiger charge is 2.15. The molecule has 1 atom stereocenters. The summed E-state index contributed by atoms with van der Waals surface area (Å²) in [4.78, 5) is 12.2. The average molecular weight is 296 g/mol. The van der Waals surface area contributed by atoms with Crippen LogP contribution in [-0.4, -0.2) is 12.1 Å². The maximum absolute atomic E-state index is 12.2. The first kappa shape index (κ1) is 16.3. The maximum atomic E-state index is 12.2. The number of benzene rings is 2. The molecule has 0 fully saturated rings. The number of ether oxygens (including phenoxy) is 1. The molecule has 0 aliphatic rings. The Bertz CT molecular complexity index is 590. The lowest BCUT2D eigenvalue weighted by Crippen LogP contribution is -2.19. The van der Waals surface area contributed by atoms with Crippen LogP contribution in [-0.2, 0) is 11.2 Å². The van der Waals surface area contributed by atoms with Crippen LogP contribution < -0.4 is 0 Å². The maximum Gasteiger partial charge on any atom is 0.338 e. The third kappa shape index (κ3) is 4.73. The fraction of sp³-hybridized carbons (Fsp3) is 0.350. The fourth-order valence-corrected chi connectivity index (χ4v) is 2.58. The van der Waals surface area contributed by atoms with Crippen molar-refractivity contribution in [3.63, 3.8) is 0 Å². The van der Waals surface area contributed by atoms with E-state index in [0.717, 1.165) is 25.7 Å². The molecule has 0 N–H and O–H groups in total. The third-order valence-electron chi connectivity index (χ3n) is 3.89. The first-order valence-corrected chi connectivity index (χ1v) is 8.01. The van der Waals surface area contributed by atoms with Gasteiger partial charge in [-0.05, 0) is 49.4 Å². The second-order valence-corrected chi connectivity index (χ2v) is 5.65. The number of rotatable bonds is 7. The van der Waals surface area contributed by atoms with E-state index in [9.17, 15) is 4.79 Å². The second-order valence-electron chi connectivity index (χ2n) is 5.65. The minimum Gasteiger partial charge on any atom is -0.459 e. The average Bonchev–Trinajstić information content (AvgIpc) is 2.55. The third-order valence-corrected chi connectivity index (χ3v) is 3.89. The molecular weight excluding hydrogens is 272 g/mol. The van der Waals surface area contributed by atoms with E-state index >= 15 is 0 Å². The SMILES string of the molecule is CCCC(CCc1ccccc1C)OC(=O)c1ccccc1. The first-order chi connectivity index (χ1) is 10.7. The summed E-state index contributed by atoms with van der Waals surface area (Å²) in [7, 11) is 0. The summed E-state index contributed by atoms with van der Waals surface area (Å²) in [5, 5.41) is 0. The van der Waals surface area contributed by atoms with Crippen molar-refractivity contribution in [1.82, 2.24) is 0 Å². The molecule has 0 heterocycles. The lowest BCUT2D eigenvalue weighted by Gasteiger charge is -2.18. The van der Waals surface area contributed by atoms with E-state index in [1.165, 1.54) is 11.1 Å². The van der Waals surface area contributed by atoms with Crippen LogP contribution in [0.25, 0.3) is 0 Å². The molecule has 0 aromatic heterocycles. The normalized spacial score (nSPS) is 11.9. The standard InChI is InChI=1S/C20H24O2/c1-3-9-19(15-14-17-11-8-7-10-16(17)2)22-20(21)18-12-5-4-6-13-18/h4-8,10-13,19H,3,9,14-15H2,1-2H3. The Balaban J connectivity index is 1.95. The molecule has 1 unspecified atom stereocenters. The fourth-order valence-electron chi connectivity index (χ4n) is 2.58. The van der Waals surface area contributed by atoms with Gasteiger partial charge in [-0.2, -0.15) is 0 Å². The Morgan fingerprint density at radius 2 is 1.68 bits per heavy atom. The Labute approximate surface area is 133 Å². The molecule has 116 valence electrons. The Morgan fingerprint density at radius 1 is 1.00 bits per heavy atom. The molecule has 22 heavy (non-hydrogen) atoms. The summed E-state index contributed by atoms with van der Waals surface area (Å²) < 4.78 is 5.70.